The van der Waals surface area contributed by atoms with Crippen LogP contribution in [0.1, 0.15) is 66.2 Å². The van der Waals surface area contributed by atoms with Crippen molar-refractivity contribution in [3.63, 3.8) is 0 Å². The van der Waals surface area contributed by atoms with Crippen molar-refractivity contribution in [3.8, 4) is 0 Å². The molecular weight excluding hydrogens is 180 g/mol. The normalized spacial score (nSPS) is 56.8. The molecule has 0 aliphatic heterocycles. The van der Waals surface area contributed by atoms with Gasteiger partial charge in [-0.2, -0.15) is 0 Å². The van der Waals surface area contributed by atoms with Crippen LogP contribution in [0, 0.1) is 28.1 Å². The second kappa shape index (κ2) is 2.63. The second-order valence-corrected chi connectivity index (χ2v) is 7.60. The molecule has 1 unspecified atom stereocenters. The highest BCUT2D eigenvalue weighted by Gasteiger charge is 2.73. The third-order valence-corrected chi connectivity index (χ3v) is 6.67. The minimum Gasteiger partial charge on any atom is -0.0622 e. The molecule has 0 saturated heterocycles. The van der Waals surface area contributed by atoms with Gasteiger partial charge in [-0.3, -0.25) is 0 Å². The Balaban J connectivity index is 2.03. The van der Waals surface area contributed by atoms with E-state index in [4.69, 9.17) is 0 Å². The molecule has 0 heteroatoms. The van der Waals surface area contributed by atoms with E-state index in [2.05, 4.69) is 27.7 Å². The minimum atomic E-state index is 0.624. The van der Waals surface area contributed by atoms with Gasteiger partial charge < -0.3 is 0 Å². The Morgan fingerprint density at radius 2 is 1.73 bits per heavy atom. The first-order valence-corrected chi connectivity index (χ1v) is 6.93. The molecule has 0 N–H and O–H groups in total. The molecule has 3 saturated carbocycles. The Kier molecular flexibility index (Phi) is 1.78. The molecule has 0 aromatic carbocycles. The molecule has 3 aliphatic carbocycles. The number of hydrogen-bond acceptors (Lipinski definition) is 0. The zero-order valence-electron chi connectivity index (χ0n) is 10.9. The molecule has 0 bridgehead atoms. The van der Waals surface area contributed by atoms with Crippen LogP contribution in [0.5, 0.6) is 0 Å². The molecule has 86 valence electrons. The second-order valence-electron chi connectivity index (χ2n) is 7.60. The molecule has 0 aromatic heterocycles. The molecule has 3 fully saturated rings. The van der Waals surface area contributed by atoms with Crippen molar-refractivity contribution in [1.82, 2.24) is 0 Å². The summed E-state index contributed by atoms with van der Waals surface area (Å²) in [6.07, 6.45) is 9.03. The lowest BCUT2D eigenvalue weighted by Crippen LogP contribution is -2.48. The first-order valence-electron chi connectivity index (χ1n) is 6.93. The largest absolute Gasteiger partial charge is 0.0622 e. The first-order chi connectivity index (χ1) is 6.93. The van der Waals surface area contributed by atoms with Gasteiger partial charge in [0.15, 0.2) is 0 Å². The van der Waals surface area contributed by atoms with Crippen LogP contribution in [0.25, 0.3) is 0 Å². The van der Waals surface area contributed by atoms with Crippen LogP contribution in [0.15, 0.2) is 0 Å². The van der Waals surface area contributed by atoms with Crippen molar-refractivity contribution in [3.05, 3.63) is 0 Å². The topological polar surface area (TPSA) is 0 Å². The lowest BCUT2D eigenvalue weighted by molar-refractivity contribution is -0.0689. The van der Waals surface area contributed by atoms with Crippen molar-refractivity contribution in [2.24, 2.45) is 28.1 Å². The molecule has 3 aliphatic rings. The summed E-state index contributed by atoms with van der Waals surface area (Å²) in [7, 11) is 0. The number of hydrogen-bond donors (Lipinski definition) is 0. The summed E-state index contributed by atoms with van der Waals surface area (Å²) in [5, 5.41) is 0. The maximum atomic E-state index is 2.61. The highest BCUT2D eigenvalue weighted by Crippen LogP contribution is 2.81. The van der Waals surface area contributed by atoms with Gasteiger partial charge in [0.05, 0.1) is 0 Å². The van der Waals surface area contributed by atoms with E-state index in [-0.39, 0.29) is 0 Å². The number of rotatable bonds is 0. The van der Waals surface area contributed by atoms with E-state index >= 15 is 0 Å². The highest BCUT2D eigenvalue weighted by atomic mass is 14.8. The fourth-order valence-electron chi connectivity index (χ4n) is 5.73. The fraction of sp³-hybridized carbons (Fsp3) is 1.00. The first kappa shape index (κ1) is 10.2. The zero-order chi connectivity index (χ0) is 10.9. The monoisotopic (exact) mass is 206 g/mol. The van der Waals surface area contributed by atoms with Gasteiger partial charge in [0, 0.05) is 0 Å². The van der Waals surface area contributed by atoms with Crippen molar-refractivity contribution < 1.29 is 0 Å². The van der Waals surface area contributed by atoms with Crippen molar-refractivity contribution in [2.75, 3.05) is 0 Å². The van der Waals surface area contributed by atoms with E-state index < -0.39 is 0 Å². The average molecular weight is 206 g/mol. The summed E-state index contributed by atoms with van der Waals surface area (Å²) in [4.78, 5) is 0. The molecule has 1 spiro atoms. The average Bonchev–Trinajstić information content (AvgIpc) is 2.88. The maximum absolute atomic E-state index is 2.61. The summed E-state index contributed by atoms with van der Waals surface area (Å²) in [6.45, 7) is 10.2. The fourth-order valence-corrected chi connectivity index (χ4v) is 5.73. The molecule has 0 aromatic rings. The van der Waals surface area contributed by atoms with E-state index in [0.29, 0.717) is 10.8 Å². The van der Waals surface area contributed by atoms with Crippen molar-refractivity contribution in [2.45, 2.75) is 66.2 Å². The smallest absolute Gasteiger partial charge is 0.0158 e. The molecule has 4 atom stereocenters. The van der Waals surface area contributed by atoms with Crippen LogP contribution >= 0.6 is 0 Å². The van der Waals surface area contributed by atoms with Crippen LogP contribution in [0.2, 0.25) is 0 Å². The molecular formula is C15H26. The zero-order valence-corrected chi connectivity index (χ0v) is 10.9. The lowest BCUT2D eigenvalue weighted by Gasteiger charge is -2.56. The van der Waals surface area contributed by atoms with Gasteiger partial charge in [-0.25, -0.2) is 0 Å². The molecule has 0 amide bonds. The van der Waals surface area contributed by atoms with Crippen LogP contribution < -0.4 is 0 Å². The molecule has 3 rings (SSSR count). The molecule has 0 radical (unpaired) electrons. The predicted molar refractivity (Wildman–Crippen MR) is 64.7 cm³/mol. The summed E-state index contributed by atoms with van der Waals surface area (Å²) >= 11 is 0. The Morgan fingerprint density at radius 1 is 1.00 bits per heavy atom. The lowest BCUT2D eigenvalue weighted by atomic mass is 9.49. The van der Waals surface area contributed by atoms with Crippen LogP contribution in [0.4, 0.5) is 0 Å². The molecule has 0 nitrogen and oxygen atoms in total. The Morgan fingerprint density at radius 3 is 2.47 bits per heavy atom. The van der Waals surface area contributed by atoms with Gasteiger partial charge in [0.2, 0.25) is 0 Å². The maximum Gasteiger partial charge on any atom is -0.0158 e. The van der Waals surface area contributed by atoms with Crippen LogP contribution in [0.3, 0.4) is 0 Å². The predicted octanol–water partition coefficient (Wildman–Crippen LogP) is 4.64. The minimum absolute atomic E-state index is 0.624. The van der Waals surface area contributed by atoms with E-state index in [0.717, 1.165) is 17.3 Å². The SMILES string of the molecule is CC1CC[C@]2(C)CCCC(C)(C)[C@@]23C[C@@H]13. The van der Waals surface area contributed by atoms with E-state index in [1.807, 2.05) is 0 Å². The van der Waals surface area contributed by atoms with E-state index in [1.165, 1.54) is 32.1 Å². The van der Waals surface area contributed by atoms with Gasteiger partial charge in [-0.05, 0) is 60.2 Å². The van der Waals surface area contributed by atoms with E-state index in [9.17, 15) is 0 Å². The molecule has 0 heterocycles. The third kappa shape index (κ3) is 0.996. The third-order valence-electron chi connectivity index (χ3n) is 6.67. The molecule has 15 heavy (non-hydrogen) atoms. The van der Waals surface area contributed by atoms with Crippen LogP contribution in [-0.4, -0.2) is 0 Å². The van der Waals surface area contributed by atoms with Gasteiger partial charge in [-0.1, -0.05) is 34.1 Å². The van der Waals surface area contributed by atoms with Gasteiger partial charge in [-0.15, -0.1) is 0 Å². The highest BCUT2D eigenvalue weighted by molar-refractivity contribution is 5.22. The summed E-state index contributed by atoms with van der Waals surface area (Å²) < 4.78 is 0. The summed E-state index contributed by atoms with van der Waals surface area (Å²) in [5.74, 6) is 2.09. The van der Waals surface area contributed by atoms with Gasteiger partial charge in [0.25, 0.3) is 0 Å². The van der Waals surface area contributed by atoms with Gasteiger partial charge >= 0.3 is 0 Å². The van der Waals surface area contributed by atoms with Crippen molar-refractivity contribution in [1.29, 1.82) is 0 Å². The standard InChI is InChI=1S/C15H26/c1-11-6-9-14(4)8-5-7-13(2,3)15(14)10-12(11)15/h11-12H,5-10H2,1-4H3/t11?,12-,14-,15-/m0/s1. The Bertz CT molecular complexity index is 290. The van der Waals surface area contributed by atoms with Crippen molar-refractivity contribution >= 4 is 0 Å². The quantitative estimate of drug-likeness (QED) is 0.541. The van der Waals surface area contributed by atoms with Crippen LogP contribution in [-0.2, 0) is 0 Å². The summed E-state index contributed by atoms with van der Waals surface area (Å²) in [6, 6.07) is 0. The Hall–Kier alpha value is 0. The Labute approximate surface area is 94.8 Å². The summed E-state index contributed by atoms with van der Waals surface area (Å²) in [5.41, 5.74) is 2.07. The van der Waals surface area contributed by atoms with E-state index in [1.54, 1.807) is 6.42 Å². The van der Waals surface area contributed by atoms with Gasteiger partial charge in [0.1, 0.15) is 0 Å².